The number of rotatable bonds is 3. The average molecular weight is 452 g/mol. The number of benzene rings is 6. The van der Waals surface area contributed by atoms with Crippen LogP contribution in [0.3, 0.4) is 0 Å². The molecule has 7 aromatic rings. The van der Waals surface area contributed by atoms with Gasteiger partial charge in [0.15, 0.2) is 0 Å². The van der Waals surface area contributed by atoms with Gasteiger partial charge in [0.1, 0.15) is 0 Å². The molecule has 0 amide bonds. The van der Waals surface area contributed by atoms with Crippen LogP contribution in [0.25, 0.3) is 52.8 Å². The van der Waals surface area contributed by atoms with Crippen molar-refractivity contribution in [1.29, 1.82) is 0 Å². The molecule has 0 saturated carbocycles. The van der Waals surface area contributed by atoms with Gasteiger partial charge >= 0.3 is 0 Å². The zero-order valence-corrected chi connectivity index (χ0v) is 19.3. The topological polar surface area (TPSA) is 12.0 Å². The Hall–Kier alpha value is -4.14. The summed E-state index contributed by atoms with van der Waals surface area (Å²) < 4.78 is 2.64. The van der Waals surface area contributed by atoms with E-state index in [9.17, 15) is 0 Å². The summed E-state index contributed by atoms with van der Waals surface area (Å²) >= 11 is 1.85. The van der Waals surface area contributed by atoms with E-state index < -0.39 is 0 Å². The first-order valence-corrected chi connectivity index (χ1v) is 12.3. The molecule has 0 aliphatic rings. The van der Waals surface area contributed by atoms with Gasteiger partial charge in [-0.3, -0.25) is 0 Å². The average Bonchev–Trinajstić information content (AvgIpc) is 3.26. The second kappa shape index (κ2) is 7.72. The zero-order valence-electron chi connectivity index (χ0n) is 18.5. The lowest BCUT2D eigenvalue weighted by Gasteiger charge is -2.13. The molecule has 7 rings (SSSR count). The summed E-state index contributed by atoms with van der Waals surface area (Å²) in [5.74, 6) is 0. The van der Waals surface area contributed by atoms with Gasteiger partial charge in [-0.1, -0.05) is 84.9 Å². The second-order valence-corrected chi connectivity index (χ2v) is 9.79. The van der Waals surface area contributed by atoms with Crippen molar-refractivity contribution in [2.24, 2.45) is 0 Å². The highest BCUT2D eigenvalue weighted by atomic mass is 32.1. The summed E-state index contributed by atoms with van der Waals surface area (Å²) in [6, 6.07) is 43.7. The van der Waals surface area contributed by atoms with Crippen molar-refractivity contribution in [2.75, 3.05) is 5.32 Å². The predicted molar refractivity (Wildman–Crippen MR) is 150 cm³/mol. The van der Waals surface area contributed by atoms with Crippen molar-refractivity contribution in [3.8, 4) is 11.1 Å². The first-order valence-electron chi connectivity index (χ1n) is 11.5. The van der Waals surface area contributed by atoms with Crippen molar-refractivity contribution < 1.29 is 0 Å². The molecule has 160 valence electrons. The maximum absolute atomic E-state index is 3.64. The van der Waals surface area contributed by atoms with Crippen molar-refractivity contribution >= 4 is 64.4 Å². The maximum atomic E-state index is 3.64. The lowest BCUT2D eigenvalue weighted by molar-refractivity contribution is 1.57. The third-order valence-electron chi connectivity index (χ3n) is 6.61. The van der Waals surface area contributed by atoms with E-state index in [0.717, 1.165) is 11.4 Å². The minimum absolute atomic E-state index is 1.09. The minimum Gasteiger partial charge on any atom is -0.355 e. The summed E-state index contributed by atoms with van der Waals surface area (Å²) in [7, 11) is 0. The molecule has 0 spiro atoms. The standard InChI is InChI=1S/C32H21NS/c1-2-11-25-22(8-1)19-30(27-13-4-3-12-26(25)27)21-9-7-10-23(18-21)33-24-16-17-29-28-14-5-6-15-31(28)34-32(29)20-24/h1-20,33H. The summed E-state index contributed by atoms with van der Waals surface area (Å²) in [5, 5.41) is 11.4. The van der Waals surface area contributed by atoms with Gasteiger partial charge in [0, 0.05) is 31.5 Å². The largest absolute Gasteiger partial charge is 0.355 e. The van der Waals surface area contributed by atoms with Crippen LogP contribution in [0, 0.1) is 0 Å². The van der Waals surface area contributed by atoms with E-state index in [-0.39, 0.29) is 0 Å². The van der Waals surface area contributed by atoms with Crippen LogP contribution < -0.4 is 5.32 Å². The number of fused-ring (bicyclic) bond motifs is 6. The highest BCUT2D eigenvalue weighted by Gasteiger charge is 2.10. The van der Waals surface area contributed by atoms with Crippen molar-refractivity contribution in [2.45, 2.75) is 0 Å². The van der Waals surface area contributed by atoms with Crippen LogP contribution in [-0.2, 0) is 0 Å². The Morgan fingerprint density at radius 2 is 1.15 bits per heavy atom. The normalized spacial score (nSPS) is 11.5. The Morgan fingerprint density at radius 3 is 2.06 bits per heavy atom. The molecule has 1 heterocycles. The van der Waals surface area contributed by atoms with E-state index in [4.69, 9.17) is 0 Å². The highest BCUT2D eigenvalue weighted by molar-refractivity contribution is 7.25. The maximum Gasteiger partial charge on any atom is 0.0398 e. The van der Waals surface area contributed by atoms with Gasteiger partial charge in [-0.25, -0.2) is 0 Å². The molecule has 0 bridgehead atoms. The van der Waals surface area contributed by atoms with Gasteiger partial charge in [0.25, 0.3) is 0 Å². The minimum atomic E-state index is 1.09. The van der Waals surface area contributed by atoms with Gasteiger partial charge in [0.2, 0.25) is 0 Å². The van der Waals surface area contributed by atoms with E-state index >= 15 is 0 Å². The van der Waals surface area contributed by atoms with Crippen molar-refractivity contribution in [3.63, 3.8) is 0 Å². The molecule has 1 aromatic heterocycles. The van der Waals surface area contributed by atoms with Crippen LogP contribution in [0.2, 0.25) is 0 Å². The van der Waals surface area contributed by atoms with Crippen molar-refractivity contribution in [1.82, 2.24) is 0 Å². The van der Waals surface area contributed by atoms with Crippen LogP contribution in [0.5, 0.6) is 0 Å². The van der Waals surface area contributed by atoms with Crippen LogP contribution in [0.1, 0.15) is 0 Å². The first kappa shape index (κ1) is 19.3. The molecule has 1 N–H and O–H groups in total. The van der Waals surface area contributed by atoms with Gasteiger partial charge in [-0.05, 0) is 69.1 Å². The fraction of sp³-hybridized carbons (Fsp3) is 0. The number of hydrogen-bond acceptors (Lipinski definition) is 2. The predicted octanol–water partition coefficient (Wildman–Crippen LogP) is 9.77. The van der Waals surface area contributed by atoms with Crippen LogP contribution >= 0.6 is 11.3 Å². The zero-order chi connectivity index (χ0) is 22.5. The molecule has 6 aromatic carbocycles. The van der Waals surface area contributed by atoms with E-state index in [2.05, 4.69) is 127 Å². The number of anilines is 2. The van der Waals surface area contributed by atoms with Crippen molar-refractivity contribution in [3.05, 3.63) is 121 Å². The molecule has 0 aliphatic heterocycles. The van der Waals surface area contributed by atoms with E-state index in [1.807, 2.05) is 11.3 Å². The summed E-state index contributed by atoms with van der Waals surface area (Å²) in [5.41, 5.74) is 4.68. The Labute approximate surface area is 201 Å². The molecule has 0 saturated heterocycles. The summed E-state index contributed by atoms with van der Waals surface area (Å²) in [6.45, 7) is 0. The van der Waals surface area contributed by atoms with Gasteiger partial charge in [-0.15, -0.1) is 11.3 Å². The monoisotopic (exact) mass is 451 g/mol. The Kier molecular flexibility index (Phi) is 4.39. The Bertz CT molecular complexity index is 1840. The molecule has 0 radical (unpaired) electrons. The molecule has 2 heteroatoms. The lowest BCUT2D eigenvalue weighted by Crippen LogP contribution is -1.91. The molecular weight excluding hydrogens is 430 g/mol. The number of thiophene rings is 1. The highest BCUT2D eigenvalue weighted by Crippen LogP contribution is 2.38. The van der Waals surface area contributed by atoms with Crippen LogP contribution in [0.4, 0.5) is 11.4 Å². The quantitative estimate of drug-likeness (QED) is 0.264. The smallest absolute Gasteiger partial charge is 0.0398 e. The SMILES string of the molecule is c1cc(Nc2ccc3c(c2)sc2ccccc23)cc(-c2cc3ccccc3c3ccccc23)c1. The van der Waals surface area contributed by atoms with Gasteiger partial charge in [-0.2, -0.15) is 0 Å². The third kappa shape index (κ3) is 3.15. The molecule has 1 nitrogen and oxygen atoms in total. The molecule has 0 aliphatic carbocycles. The fourth-order valence-electron chi connectivity index (χ4n) is 5.03. The molecule has 0 unspecified atom stereocenters. The summed E-state index contributed by atoms with van der Waals surface area (Å²) in [6.07, 6.45) is 0. The second-order valence-electron chi connectivity index (χ2n) is 8.71. The van der Waals surface area contributed by atoms with E-state index in [1.165, 1.54) is 52.8 Å². The Morgan fingerprint density at radius 1 is 0.441 bits per heavy atom. The van der Waals surface area contributed by atoms with E-state index in [0.29, 0.717) is 0 Å². The molecular formula is C32H21NS. The lowest BCUT2D eigenvalue weighted by atomic mass is 9.93. The third-order valence-corrected chi connectivity index (χ3v) is 7.74. The van der Waals surface area contributed by atoms with Crippen LogP contribution in [-0.4, -0.2) is 0 Å². The summed E-state index contributed by atoms with van der Waals surface area (Å²) in [4.78, 5) is 0. The van der Waals surface area contributed by atoms with Crippen LogP contribution in [0.15, 0.2) is 121 Å². The van der Waals surface area contributed by atoms with E-state index in [1.54, 1.807) is 0 Å². The molecule has 34 heavy (non-hydrogen) atoms. The Balaban J connectivity index is 1.31. The molecule has 0 atom stereocenters. The fourth-order valence-corrected chi connectivity index (χ4v) is 6.17. The van der Waals surface area contributed by atoms with Gasteiger partial charge in [0.05, 0.1) is 0 Å². The number of hydrogen-bond donors (Lipinski definition) is 1. The first-order chi connectivity index (χ1) is 16.8. The molecule has 0 fully saturated rings. The van der Waals surface area contributed by atoms with Gasteiger partial charge < -0.3 is 5.32 Å². The number of nitrogens with one attached hydrogen (secondary N) is 1.